The Labute approximate surface area is 151 Å². The molecular formula is C21H20N2O3. The van der Waals surface area contributed by atoms with Gasteiger partial charge in [-0.05, 0) is 23.8 Å². The van der Waals surface area contributed by atoms with Crippen molar-refractivity contribution in [2.45, 2.75) is 6.54 Å². The van der Waals surface area contributed by atoms with Gasteiger partial charge in [0.05, 0.1) is 6.61 Å². The summed E-state index contributed by atoms with van der Waals surface area (Å²) < 4.78 is 0. The number of benzene rings is 2. The average molecular weight is 348 g/mol. The smallest absolute Gasteiger partial charge is 0.254 e. The summed E-state index contributed by atoms with van der Waals surface area (Å²) in [6.45, 7) is 0.560. The first-order valence-corrected chi connectivity index (χ1v) is 8.40. The number of amides is 1. The molecule has 5 nitrogen and oxygen atoms in total. The summed E-state index contributed by atoms with van der Waals surface area (Å²) in [6, 6.07) is 18.0. The molecule has 0 aliphatic carbocycles. The molecule has 0 aliphatic heterocycles. The molecule has 0 atom stereocenters. The van der Waals surface area contributed by atoms with Crippen LogP contribution in [0.5, 0.6) is 0 Å². The summed E-state index contributed by atoms with van der Waals surface area (Å²) in [5, 5.41) is 9.29. The number of hydrogen-bond donors (Lipinski definition) is 2. The van der Waals surface area contributed by atoms with E-state index < -0.39 is 0 Å². The number of carbonyl (C=O) groups excluding carboxylic acids is 2. The zero-order chi connectivity index (χ0) is 18.4. The van der Waals surface area contributed by atoms with Crippen LogP contribution in [0.1, 0.15) is 31.8 Å². The van der Waals surface area contributed by atoms with Crippen LogP contribution < -0.4 is 0 Å². The molecule has 0 radical (unpaired) electrons. The monoisotopic (exact) mass is 348 g/mol. The summed E-state index contributed by atoms with van der Waals surface area (Å²) in [5.41, 5.74) is 2.58. The number of hydrogen-bond acceptors (Lipinski definition) is 3. The third-order valence-corrected chi connectivity index (χ3v) is 4.13. The van der Waals surface area contributed by atoms with E-state index in [0.717, 1.165) is 5.56 Å². The van der Waals surface area contributed by atoms with E-state index in [0.29, 0.717) is 23.2 Å². The van der Waals surface area contributed by atoms with Gasteiger partial charge in [-0.1, -0.05) is 42.5 Å². The minimum Gasteiger partial charge on any atom is -0.395 e. The maximum Gasteiger partial charge on any atom is 0.254 e. The number of rotatable bonds is 7. The van der Waals surface area contributed by atoms with Crippen molar-refractivity contribution >= 4 is 11.7 Å². The lowest BCUT2D eigenvalue weighted by Crippen LogP contribution is -2.33. The molecule has 5 heteroatoms. The fourth-order valence-corrected chi connectivity index (χ4v) is 2.76. The number of aromatic amines is 1. The standard InChI is InChI=1S/C21H20N2O3/c24-13-12-23(15-16-4-2-1-3-5-16)21(26)18-8-6-17(7-9-18)20(25)19-10-11-22-14-19/h1-11,14,22,24H,12-13,15H2. The summed E-state index contributed by atoms with van der Waals surface area (Å²) in [7, 11) is 0. The second-order valence-corrected chi connectivity index (χ2v) is 5.94. The van der Waals surface area contributed by atoms with Gasteiger partial charge >= 0.3 is 0 Å². The Bertz CT molecular complexity index is 856. The predicted octanol–water partition coefficient (Wildman–Crippen LogP) is 2.88. The second-order valence-electron chi connectivity index (χ2n) is 5.94. The summed E-state index contributed by atoms with van der Waals surface area (Å²) in [5.74, 6) is -0.273. The Morgan fingerprint density at radius 3 is 2.19 bits per heavy atom. The molecule has 2 N–H and O–H groups in total. The Morgan fingerprint density at radius 2 is 1.58 bits per heavy atom. The van der Waals surface area contributed by atoms with Gasteiger partial charge in [0, 0.05) is 42.2 Å². The van der Waals surface area contributed by atoms with E-state index in [1.165, 1.54) is 0 Å². The first kappa shape index (κ1) is 17.6. The number of aromatic nitrogens is 1. The summed E-state index contributed by atoms with van der Waals surface area (Å²) in [4.78, 5) is 29.5. The van der Waals surface area contributed by atoms with Gasteiger partial charge in [-0.3, -0.25) is 9.59 Å². The molecule has 3 aromatic rings. The molecular weight excluding hydrogens is 328 g/mol. The quantitative estimate of drug-likeness (QED) is 0.645. The number of aliphatic hydroxyl groups is 1. The van der Waals surface area contributed by atoms with Crippen LogP contribution in [0.4, 0.5) is 0 Å². The van der Waals surface area contributed by atoms with Crippen LogP contribution >= 0.6 is 0 Å². The van der Waals surface area contributed by atoms with Crippen LogP contribution in [0.25, 0.3) is 0 Å². The zero-order valence-electron chi connectivity index (χ0n) is 14.3. The van der Waals surface area contributed by atoms with Crippen molar-refractivity contribution < 1.29 is 14.7 Å². The van der Waals surface area contributed by atoms with Gasteiger partial charge in [-0.25, -0.2) is 0 Å². The molecule has 0 bridgehead atoms. The molecule has 0 spiro atoms. The van der Waals surface area contributed by atoms with Crippen LogP contribution in [0.3, 0.4) is 0 Å². The minimum absolute atomic E-state index is 0.0956. The maximum absolute atomic E-state index is 12.8. The number of carbonyl (C=O) groups is 2. The molecule has 1 heterocycles. The van der Waals surface area contributed by atoms with Crippen molar-refractivity contribution in [2.75, 3.05) is 13.2 Å². The van der Waals surface area contributed by atoms with E-state index in [-0.39, 0.29) is 24.8 Å². The number of nitrogens with zero attached hydrogens (tertiary/aromatic N) is 1. The Hall–Kier alpha value is -3.18. The Balaban J connectivity index is 1.75. The fourth-order valence-electron chi connectivity index (χ4n) is 2.76. The van der Waals surface area contributed by atoms with Crippen molar-refractivity contribution in [1.29, 1.82) is 0 Å². The van der Waals surface area contributed by atoms with E-state index in [1.807, 2.05) is 30.3 Å². The number of aliphatic hydroxyl groups excluding tert-OH is 1. The molecule has 2 aromatic carbocycles. The molecule has 1 amide bonds. The van der Waals surface area contributed by atoms with E-state index in [4.69, 9.17) is 0 Å². The Morgan fingerprint density at radius 1 is 0.885 bits per heavy atom. The minimum atomic E-state index is -0.177. The molecule has 0 aliphatic rings. The third kappa shape index (κ3) is 4.07. The SMILES string of the molecule is O=C(c1ccc(C(=O)N(CCO)Cc2ccccc2)cc1)c1cc[nH]c1. The molecule has 132 valence electrons. The highest BCUT2D eigenvalue weighted by Gasteiger charge is 2.17. The maximum atomic E-state index is 12.8. The predicted molar refractivity (Wildman–Crippen MR) is 98.9 cm³/mol. The van der Waals surface area contributed by atoms with Gasteiger partial charge in [0.25, 0.3) is 5.91 Å². The van der Waals surface area contributed by atoms with Gasteiger partial charge in [0.1, 0.15) is 0 Å². The number of ketones is 1. The molecule has 26 heavy (non-hydrogen) atoms. The third-order valence-electron chi connectivity index (χ3n) is 4.13. The number of H-pyrrole nitrogens is 1. The molecule has 0 saturated carbocycles. The summed E-state index contributed by atoms with van der Waals surface area (Å²) >= 11 is 0. The highest BCUT2D eigenvalue weighted by molar-refractivity contribution is 6.09. The molecule has 0 unspecified atom stereocenters. The van der Waals surface area contributed by atoms with E-state index in [1.54, 1.807) is 47.6 Å². The van der Waals surface area contributed by atoms with Gasteiger partial charge in [0.2, 0.25) is 0 Å². The van der Waals surface area contributed by atoms with Gasteiger partial charge in [-0.2, -0.15) is 0 Å². The van der Waals surface area contributed by atoms with Gasteiger partial charge in [0.15, 0.2) is 5.78 Å². The molecule has 1 aromatic heterocycles. The average Bonchev–Trinajstić information content (AvgIpc) is 3.22. The van der Waals surface area contributed by atoms with Crippen molar-refractivity contribution in [3.63, 3.8) is 0 Å². The largest absolute Gasteiger partial charge is 0.395 e. The fraction of sp³-hybridized carbons (Fsp3) is 0.143. The first-order chi connectivity index (χ1) is 12.7. The normalized spacial score (nSPS) is 10.5. The van der Waals surface area contributed by atoms with Gasteiger partial charge in [-0.15, -0.1) is 0 Å². The molecule has 0 saturated heterocycles. The zero-order valence-corrected chi connectivity index (χ0v) is 14.3. The topological polar surface area (TPSA) is 73.4 Å². The lowest BCUT2D eigenvalue weighted by Gasteiger charge is -2.22. The number of nitrogens with one attached hydrogen (secondary N) is 1. The molecule has 3 rings (SSSR count). The van der Waals surface area contributed by atoms with Crippen LogP contribution in [-0.4, -0.2) is 39.8 Å². The highest BCUT2D eigenvalue weighted by atomic mass is 16.3. The van der Waals surface area contributed by atoms with E-state index in [2.05, 4.69) is 4.98 Å². The molecule has 0 fully saturated rings. The lowest BCUT2D eigenvalue weighted by molar-refractivity contribution is 0.0707. The first-order valence-electron chi connectivity index (χ1n) is 8.40. The highest BCUT2D eigenvalue weighted by Crippen LogP contribution is 2.14. The van der Waals surface area contributed by atoms with Crippen molar-refractivity contribution in [3.05, 3.63) is 95.3 Å². The van der Waals surface area contributed by atoms with Crippen molar-refractivity contribution in [2.24, 2.45) is 0 Å². The van der Waals surface area contributed by atoms with Crippen LogP contribution in [0, 0.1) is 0 Å². The van der Waals surface area contributed by atoms with E-state index in [9.17, 15) is 14.7 Å². The van der Waals surface area contributed by atoms with Gasteiger partial charge < -0.3 is 15.0 Å². The van der Waals surface area contributed by atoms with E-state index >= 15 is 0 Å². The van der Waals surface area contributed by atoms with Crippen LogP contribution in [0.2, 0.25) is 0 Å². The van der Waals surface area contributed by atoms with Crippen LogP contribution in [-0.2, 0) is 6.54 Å². The van der Waals surface area contributed by atoms with Crippen molar-refractivity contribution in [1.82, 2.24) is 9.88 Å². The van der Waals surface area contributed by atoms with Crippen molar-refractivity contribution in [3.8, 4) is 0 Å². The second kappa shape index (κ2) is 8.27. The summed E-state index contributed by atoms with van der Waals surface area (Å²) in [6.07, 6.45) is 3.34. The van der Waals surface area contributed by atoms with Crippen LogP contribution in [0.15, 0.2) is 73.1 Å². The lowest BCUT2D eigenvalue weighted by atomic mass is 10.0. The Kier molecular flexibility index (Phi) is 5.61.